The molecule has 1 heterocycles. The zero-order chi connectivity index (χ0) is 13.8. The minimum Gasteiger partial charge on any atom is -0.465 e. The quantitative estimate of drug-likeness (QED) is 0.427. The highest BCUT2D eigenvalue weighted by Gasteiger charge is 2.35. The van der Waals surface area contributed by atoms with Gasteiger partial charge in [-0.15, -0.1) is 6.58 Å². The first-order chi connectivity index (χ1) is 8.40. The Hall–Kier alpha value is -1.16. The summed E-state index contributed by atoms with van der Waals surface area (Å²) in [5, 5.41) is 0. The summed E-state index contributed by atoms with van der Waals surface area (Å²) in [5.41, 5.74) is -0.492. The standard InChI is InChI=1S/C14H22O4/c1-5-10-9-18-12(8-15)11(10)6-7-17-13(16)14(2,3)4/h5,8,10-12H,1,6-7,9H2,2-4H3/t10-,11-,12-/m0/s1. The molecule has 4 heteroatoms. The summed E-state index contributed by atoms with van der Waals surface area (Å²) in [6.07, 6.45) is 2.85. The Kier molecular flexibility index (Phi) is 5.08. The minimum atomic E-state index is -0.492. The third kappa shape index (κ3) is 3.67. The Balaban J connectivity index is 2.44. The van der Waals surface area contributed by atoms with Gasteiger partial charge in [-0.25, -0.2) is 0 Å². The van der Waals surface area contributed by atoms with Crippen molar-refractivity contribution >= 4 is 12.3 Å². The average molecular weight is 254 g/mol. The fraction of sp³-hybridized carbons (Fsp3) is 0.714. The van der Waals surface area contributed by atoms with Crippen molar-refractivity contribution in [1.82, 2.24) is 0 Å². The molecule has 102 valence electrons. The third-order valence-electron chi connectivity index (χ3n) is 3.19. The Labute approximate surface area is 108 Å². The summed E-state index contributed by atoms with van der Waals surface area (Å²) in [4.78, 5) is 22.5. The van der Waals surface area contributed by atoms with E-state index >= 15 is 0 Å². The lowest BCUT2D eigenvalue weighted by molar-refractivity contribution is -0.153. The van der Waals surface area contributed by atoms with E-state index < -0.39 is 11.5 Å². The average Bonchev–Trinajstić information content (AvgIpc) is 2.69. The number of carbonyl (C=O) groups is 2. The van der Waals surface area contributed by atoms with Crippen LogP contribution in [-0.4, -0.2) is 31.6 Å². The lowest BCUT2D eigenvalue weighted by Gasteiger charge is -2.20. The van der Waals surface area contributed by atoms with E-state index in [1.54, 1.807) is 6.08 Å². The van der Waals surface area contributed by atoms with Gasteiger partial charge >= 0.3 is 5.97 Å². The summed E-state index contributed by atoms with van der Waals surface area (Å²) < 4.78 is 10.6. The van der Waals surface area contributed by atoms with Crippen molar-refractivity contribution in [1.29, 1.82) is 0 Å². The van der Waals surface area contributed by atoms with E-state index in [0.717, 1.165) is 6.29 Å². The first kappa shape index (κ1) is 14.9. The van der Waals surface area contributed by atoms with E-state index in [9.17, 15) is 9.59 Å². The molecule has 3 atom stereocenters. The second-order valence-electron chi connectivity index (χ2n) is 5.67. The summed E-state index contributed by atoms with van der Waals surface area (Å²) in [6, 6.07) is 0. The van der Waals surface area contributed by atoms with Crippen LogP contribution < -0.4 is 0 Å². The highest BCUT2D eigenvalue weighted by molar-refractivity contribution is 5.75. The Morgan fingerprint density at radius 2 is 2.17 bits per heavy atom. The van der Waals surface area contributed by atoms with Gasteiger partial charge in [0.15, 0.2) is 0 Å². The Morgan fingerprint density at radius 1 is 1.50 bits per heavy atom. The van der Waals surface area contributed by atoms with Crippen LogP contribution >= 0.6 is 0 Å². The fourth-order valence-corrected chi connectivity index (χ4v) is 1.98. The lowest BCUT2D eigenvalue weighted by Crippen LogP contribution is -2.26. The Morgan fingerprint density at radius 3 is 2.67 bits per heavy atom. The van der Waals surface area contributed by atoms with Crippen LogP contribution in [0.4, 0.5) is 0 Å². The molecule has 0 aliphatic carbocycles. The van der Waals surface area contributed by atoms with E-state index in [-0.39, 0.29) is 17.8 Å². The van der Waals surface area contributed by atoms with Gasteiger partial charge in [0.25, 0.3) is 0 Å². The molecule has 1 rings (SSSR count). The molecular formula is C14H22O4. The van der Waals surface area contributed by atoms with Crippen LogP contribution in [0.2, 0.25) is 0 Å². The molecule has 0 unspecified atom stereocenters. The number of esters is 1. The molecule has 0 aromatic rings. The van der Waals surface area contributed by atoms with Crippen molar-refractivity contribution in [2.24, 2.45) is 17.3 Å². The molecular weight excluding hydrogens is 232 g/mol. The molecule has 4 nitrogen and oxygen atoms in total. The Bertz CT molecular complexity index is 300. The zero-order valence-electron chi connectivity index (χ0n) is 11.3. The summed E-state index contributed by atoms with van der Waals surface area (Å²) >= 11 is 0. The molecule has 18 heavy (non-hydrogen) atoms. The maximum Gasteiger partial charge on any atom is 0.311 e. The van der Waals surface area contributed by atoms with Gasteiger partial charge in [-0.1, -0.05) is 6.08 Å². The number of rotatable bonds is 5. The van der Waals surface area contributed by atoms with Gasteiger partial charge in [0, 0.05) is 11.8 Å². The van der Waals surface area contributed by atoms with Crippen molar-refractivity contribution in [3.8, 4) is 0 Å². The van der Waals surface area contributed by atoms with Crippen LogP contribution in [0.3, 0.4) is 0 Å². The molecule has 1 aliphatic rings. The van der Waals surface area contributed by atoms with Crippen LogP contribution in [0.1, 0.15) is 27.2 Å². The molecule has 0 aromatic heterocycles. The van der Waals surface area contributed by atoms with Crippen LogP contribution in [0, 0.1) is 17.3 Å². The maximum atomic E-state index is 11.6. The zero-order valence-corrected chi connectivity index (χ0v) is 11.3. The molecule has 0 N–H and O–H groups in total. The third-order valence-corrected chi connectivity index (χ3v) is 3.19. The number of ether oxygens (including phenoxy) is 2. The predicted octanol–water partition coefficient (Wildman–Crippen LogP) is 1.98. The summed E-state index contributed by atoms with van der Waals surface area (Å²) in [7, 11) is 0. The largest absolute Gasteiger partial charge is 0.465 e. The van der Waals surface area contributed by atoms with Gasteiger partial charge in [-0.05, 0) is 27.2 Å². The first-order valence-corrected chi connectivity index (χ1v) is 6.27. The SMILES string of the molecule is C=C[C@H]1CO[C@@H](C=O)[C@H]1CCOC(=O)C(C)(C)C. The second-order valence-corrected chi connectivity index (χ2v) is 5.67. The summed E-state index contributed by atoms with van der Waals surface area (Å²) in [5.74, 6) is 0.000489. The van der Waals surface area contributed by atoms with E-state index in [0.29, 0.717) is 19.6 Å². The van der Waals surface area contributed by atoms with Gasteiger partial charge in [0.2, 0.25) is 0 Å². The smallest absolute Gasteiger partial charge is 0.311 e. The van der Waals surface area contributed by atoms with Gasteiger partial charge < -0.3 is 14.3 Å². The van der Waals surface area contributed by atoms with Crippen LogP contribution in [0.5, 0.6) is 0 Å². The number of hydrogen-bond donors (Lipinski definition) is 0. The molecule has 0 bridgehead atoms. The molecule has 0 amide bonds. The fourth-order valence-electron chi connectivity index (χ4n) is 1.98. The van der Waals surface area contributed by atoms with E-state index in [4.69, 9.17) is 9.47 Å². The molecule has 1 fully saturated rings. The topological polar surface area (TPSA) is 52.6 Å². The van der Waals surface area contributed by atoms with Crippen molar-refractivity contribution in [2.75, 3.05) is 13.2 Å². The first-order valence-electron chi connectivity index (χ1n) is 6.27. The van der Waals surface area contributed by atoms with Crippen LogP contribution in [0.15, 0.2) is 12.7 Å². The van der Waals surface area contributed by atoms with Gasteiger partial charge in [-0.3, -0.25) is 4.79 Å². The second kappa shape index (κ2) is 6.14. The normalized spacial score (nSPS) is 27.8. The number of aldehydes is 1. The van der Waals surface area contributed by atoms with E-state index in [1.807, 2.05) is 20.8 Å². The number of hydrogen-bond acceptors (Lipinski definition) is 4. The maximum absolute atomic E-state index is 11.6. The van der Waals surface area contributed by atoms with E-state index in [2.05, 4.69) is 6.58 Å². The van der Waals surface area contributed by atoms with Gasteiger partial charge in [-0.2, -0.15) is 0 Å². The monoisotopic (exact) mass is 254 g/mol. The van der Waals surface area contributed by atoms with Crippen molar-refractivity contribution in [3.63, 3.8) is 0 Å². The molecule has 0 aromatic carbocycles. The van der Waals surface area contributed by atoms with Gasteiger partial charge in [0.05, 0.1) is 18.6 Å². The van der Waals surface area contributed by atoms with E-state index in [1.165, 1.54) is 0 Å². The lowest BCUT2D eigenvalue weighted by atomic mass is 9.88. The van der Waals surface area contributed by atoms with Crippen LogP contribution in [0.25, 0.3) is 0 Å². The number of carbonyl (C=O) groups excluding carboxylic acids is 2. The summed E-state index contributed by atoms with van der Waals surface area (Å²) in [6.45, 7) is 10.0. The highest BCUT2D eigenvalue weighted by Crippen LogP contribution is 2.30. The predicted molar refractivity (Wildman–Crippen MR) is 68.0 cm³/mol. The van der Waals surface area contributed by atoms with Gasteiger partial charge in [0.1, 0.15) is 12.4 Å². The van der Waals surface area contributed by atoms with Crippen molar-refractivity contribution < 1.29 is 19.1 Å². The molecule has 0 saturated carbocycles. The molecule has 1 aliphatic heterocycles. The highest BCUT2D eigenvalue weighted by atomic mass is 16.5. The van der Waals surface area contributed by atoms with Crippen molar-refractivity contribution in [2.45, 2.75) is 33.3 Å². The van der Waals surface area contributed by atoms with Crippen LogP contribution in [-0.2, 0) is 19.1 Å². The minimum absolute atomic E-state index is 0.0627. The molecule has 1 saturated heterocycles. The molecule has 0 radical (unpaired) electrons. The molecule has 0 spiro atoms. The van der Waals surface area contributed by atoms with Crippen molar-refractivity contribution in [3.05, 3.63) is 12.7 Å².